The second kappa shape index (κ2) is 3.62. The highest BCUT2D eigenvalue weighted by Crippen LogP contribution is 1.68. The fourth-order valence-electron chi connectivity index (χ4n) is 0.195. The standard InChI is InChI=1S/C4H6N2O3/c5-3(7)1-2-4(8)6-9/h1-2,9H,(H2,5,7)(H,6,8)/b2-1-. The van der Waals surface area contributed by atoms with Crippen LogP contribution in [0.15, 0.2) is 12.2 Å². The van der Waals surface area contributed by atoms with E-state index in [0.29, 0.717) is 0 Å². The maximum Gasteiger partial charge on any atom is 0.267 e. The van der Waals surface area contributed by atoms with Crippen LogP contribution in [-0.4, -0.2) is 17.0 Å². The molecule has 0 aromatic heterocycles. The Labute approximate surface area is 51.1 Å². The molecule has 5 heteroatoms. The first-order chi connectivity index (χ1) is 4.16. The summed E-state index contributed by atoms with van der Waals surface area (Å²) < 4.78 is 0. The zero-order valence-corrected chi connectivity index (χ0v) is 4.50. The second-order valence-corrected chi connectivity index (χ2v) is 1.21. The zero-order chi connectivity index (χ0) is 7.28. The van der Waals surface area contributed by atoms with Crippen LogP contribution in [0, 0.1) is 0 Å². The van der Waals surface area contributed by atoms with Gasteiger partial charge in [-0.2, -0.15) is 0 Å². The normalized spacial score (nSPS) is 9.44. The van der Waals surface area contributed by atoms with Crippen molar-refractivity contribution >= 4 is 11.8 Å². The van der Waals surface area contributed by atoms with Crippen LogP contribution < -0.4 is 11.2 Å². The van der Waals surface area contributed by atoms with Gasteiger partial charge in [0.2, 0.25) is 5.91 Å². The number of rotatable bonds is 2. The van der Waals surface area contributed by atoms with Gasteiger partial charge in [0.15, 0.2) is 0 Å². The number of carbonyl (C=O) groups excluding carboxylic acids is 2. The van der Waals surface area contributed by atoms with Crippen molar-refractivity contribution in [2.75, 3.05) is 0 Å². The van der Waals surface area contributed by atoms with Crippen LogP contribution in [0.25, 0.3) is 0 Å². The van der Waals surface area contributed by atoms with E-state index in [9.17, 15) is 9.59 Å². The van der Waals surface area contributed by atoms with Crippen molar-refractivity contribution in [2.45, 2.75) is 0 Å². The molecule has 50 valence electrons. The molecular weight excluding hydrogens is 124 g/mol. The summed E-state index contributed by atoms with van der Waals surface area (Å²) in [6, 6.07) is 0. The number of nitrogens with one attached hydrogen (secondary N) is 1. The second-order valence-electron chi connectivity index (χ2n) is 1.21. The van der Waals surface area contributed by atoms with Gasteiger partial charge in [0.1, 0.15) is 0 Å². The predicted molar refractivity (Wildman–Crippen MR) is 28.3 cm³/mol. The van der Waals surface area contributed by atoms with Crippen LogP contribution in [0.5, 0.6) is 0 Å². The average Bonchev–Trinajstić information content (AvgIpc) is 1.83. The molecule has 2 amide bonds. The Balaban J connectivity index is 3.71. The van der Waals surface area contributed by atoms with E-state index in [1.165, 1.54) is 5.48 Å². The van der Waals surface area contributed by atoms with Crippen molar-refractivity contribution in [3.8, 4) is 0 Å². The van der Waals surface area contributed by atoms with Gasteiger partial charge in [-0.05, 0) is 0 Å². The summed E-state index contributed by atoms with van der Waals surface area (Å²) in [6.07, 6.45) is 1.66. The zero-order valence-electron chi connectivity index (χ0n) is 4.50. The van der Waals surface area contributed by atoms with Crippen LogP contribution in [0.1, 0.15) is 0 Å². The van der Waals surface area contributed by atoms with Gasteiger partial charge >= 0.3 is 0 Å². The van der Waals surface area contributed by atoms with Gasteiger partial charge in [0, 0.05) is 12.2 Å². The maximum absolute atomic E-state index is 10.1. The number of hydroxylamine groups is 1. The molecule has 0 aromatic carbocycles. The molecule has 0 saturated heterocycles. The van der Waals surface area contributed by atoms with Gasteiger partial charge in [0.25, 0.3) is 5.91 Å². The molecule has 4 N–H and O–H groups in total. The molecule has 0 unspecified atom stereocenters. The van der Waals surface area contributed by atoms with E-state index >= 15 is 0 Å². The molecule has 0 aliphatic rings. The largest absolute Gasteiger partial charge is 0.366 e. The minimum atomic E-state index is -0.784. The summed E-state index contributed by atoms with van der Waals surface area (Å²) in [6.45, 7) is 0. The van der Waals surface area contributed by atoms with Crippen LogP contribution in [0.2, 0.25) is 0 Å². The molecule has 0 heterocycles. The molecule has 0 saturated carbocycles. The minimum absolute atomic E-state index is 0.737. The molecular formula is C4H6N2O3. The topological polar surface area (TPSA) is 92.4 Å². The Morgan fingerprint density at radius 3 is 2.33 bits per heavy atom. The lowest BCUT2D eigenvalue weighted by Gasteiger charge is -1.84. The first-order valence-corrected chi connectivity index (χ1v) is 2.08. The van der Waals surface area contributed by atoms with E-state index in [1.54, 1.807) is 0 Å². The van der Waals surface area contributed by atoms with Crippen molar-refractivity contribution in [1.29, 1.82) is 0 Å². The van der Waals surface area contributed by atoms with E-state index in [0.717, 1.165) is 12.2 Å². The smallest absolute Gasteiger partial charge is 0.267 e. The first-order valence-electron chi connectivity index (χ1n) is 2.08. The van der Waals surface area contributed by atoms with E-state index in [2.05, 4.69) is 5.73 Å². The molecule has 0 rings (SSSR count). The number of hydrogen-bond donors (Lipinski definition) is 3. The van der Waals surface area contributed by atoms with Gasteiger partial charge in [-0.1, -0.05) is 0 Å². The fraction of sp³-hybridized carbons (Fsp3) is 0. The molecule has 0 fully saturated rings. The lowest BCUT2D eigenvalue weighted by atomic mass is 10.5. The Morgan fingerprint density at radius 2 is 2.00 bits per heavy atom. The van der Waals surface area contributed by atoms with Gasteiger partial charge in [-0.3, -0.25) is 14.8 Å². The third-order valence-corrected chi connectivity index (χ3v) is 0.509. The van der Waals surface area contributed by atoms with Crippen molar-refractivity contribution in [2.24, 2.45) is 5.73 Å². The highest BCUT2D eigenvalue weighted by Gasteiger charge is 1.89. The number of carbonyl (C=O) groups is 2. The lowest BCUT2D eigenvalue weighted by molar-refractivity contribution is -0.124. The lowest BCUT2D eigenvalue weighted by Crippen LogP contribution is -2.16. The van der Waals surface area contributed by atoms with Crippen molar-refractivity contribution < 1.29 is 14.8 Å². The van der Waals surface area contributed by atoms with E-state index in [1.807, 2.05) is 0 Å². The molecule has 0 bridgehead atoms. The predicted octanol–water partition coefficient (Wildman–Crippen LogP) is -1.47. The maximum atomic E-state index is 10.1. The molecule has 5 nitrogen and oxygen atoms in total. The van der Waals surface area contributed by atoms with Gasteiger partial charge in [0.05, 0.1) is 0 Å². The Hall–Kier alpha value is -1.36. The number of hydrogen-bond acceptors (Lipinski definition) is 3. The molecule has 9 heavy (non-hydrogen) atoms. The summed E-state index contributed by atoms with van der Waals surface area (Å²) >= 11 is 0. The fourth-order valence-corrected chi connectivity index (χ4v) is 0.195. The van der Waals surface area contributed by atoms with Crippen molar-refractivity contribution in [3.05, 3.63) is 12.2 Å². The monoisotopic (exact) mass is 130 g/mol. The number of primary amides is 1. The Bertz CT molecular complexity index is 152. The number of nitrogens with two attached hydrogens (primary N) is 1. The summed E-state index contributed by atoms with van der Waals surface area (Å²) in [4.78, 5) is 20.0. The van der Waals surface area contributed by atoms with E-state index < -0.39 is 11.8 Å². The summed E-state index contributed by atoms with van der Waals surface area (Å²) in [7, 11) is 0. The van der Waals surface area contributed by atoms with E-state index in [-0.39, 0.29) is 0 Å². The molecule has 0 spiro atoms. The van der Waals surface area contributed by atoms with E-state index in [4.69, 9.17) is 5.21 Å². The van der Waals surface area contributed by atoms with Crippen LogP contribution in [0.4, 0.5) is 0 Å². The van der Waals surface area contributed by atoms with Gasteiger partial charge in [-0.25, -0.2) is 5.48 Å². The van der Waals surface area contributed by atoms with Crippen LogP contribution in [0.3, 0.4) is 0 Å². The molecule has 0 aliphatic carbocycles. The molecule has 0 radical (unpaired) electrons. The molecule has 0 aromatic rings. The summed E-state index contributed by atoms with van der Waals surface area (Å²) in [5.74, 6) is -1.52. The highest BCUT2D eigenvalue weighted by molar-refractivity contribution is 5.95. The van der Waals surface area contributed by atoms with Gasteiger partial charge in [-0.15, -0.1) is 0 Å². The summed E-state index contributed by atoms with van der Waals surface area (Å²) in [5, 5.41) is 7.84. The first kappa shape index (κ1) is 7.64. The molecule has 0 aliphatic heterocycles. The SMILES string of the molecule is NC(=O)/C=C\C(=O)NO. The quantitative estimate of drug-likeness (QED) is 0.242. The van der Waals surface area contributed by atoms with Crippen LogP contribution in [-0.2, 0) is 9.59 Å². The summed E-state index contributed by atoms with van der Waals surface area (Å²) in [5.41, 5.74) is 5.89. The average molecular weight is 130 g/mol. The highest BCUT2D eigenvalue weighted by atomic mass is 16.5. The third kappa shape index (κ3) is 4.49. The third-order valence-electron chi connectivity index (χ3n) is 0.509. The van der Waals surface area contributed by atoms with Crippen LogP contribution >= 0.6 is 0 Å². The molecule has 0 atom stereocenters. The Morgan fingerprint density at radius 1 is 1.44 bits per heavy atom. The van der Waals surface area contributed by atoms with Crippen molar-refractivity contribution in [1.82, 2.24) is 5.48 Å². The van der Waals surface area contributed by atoms with Gasteiger partial charge < -0.3 is 5.73 Å². The Kier molecular flexibility index (Phi) is 3.07. The minimum Gasteiger partial charge on any atom is -0.366 e. The number of amides is 2. The van der Waals surface area contributed by atoms with Crippen molar-refractivity contribution in [3.63, 3.8) is 0 Å².